The Hall–Kier alpha value is -5.40. The lowest BCUT2D eigenvalue weighted by Gasteiger charge is -2.36. The fourth-order valence-electron chi connectivity index (χ4n) is 7.58. The monoisotopic (exact) mass is 911 g/mol. The van der Waals surface area contributed by atoms with E-state index in [4.69, 9.17) is 42.6 Å². The van der Waals surface area contributed by atoms with E-state index in [2.05, 4.69) is 47.0 Å². The maximum absolute atomic E-state index is 13.2. The van der Waals surface area contributed by atoms with E-state index in [9.17, 15) is 19.2 Å². The zero-order chi connectivity index (χ0) is 46.1. The number of benzene rings is 4. The molecule has 2 heterocycles. The van der Waals surface area contributed by atoms with Crippen LogP contribution in [0.2, 0.25) is 0 Å². The summed E-state index contributed by atoms with van der Waals surface area (Å²) in [5, 5.41) is 5.34. The van der Waals surface area contributed by atoms with Crippen molar-refractivity contribution in [3.05, 3.63) is 137 Å². The molecule has 1 fully saturated rings. The SMILES string of the molecule is O=C1CCC(N2C(=O)c3cccc(NCCOCCOCCOCCOCCOCCOCCOCCOCCOC(c4ccccc4)(c4ccccc4)c4ccccc4)c3C2=O)C(=O)N1. The van der Waals surface area contributed by atoms with Crippen LogP contribution < -0.4 is 10.6 Å². The van der Waals surface area contributed by atoms with Gasteiger partial charge in [0, 0.05) is 18.7 Å². The van der Waals surface area contributed by atoms with Gasteiger partial charge >= 0.3 is 0 Å². The first-order valence-electron chi connectivity index (χ1n) is 22.5. The van der Waals surface area contributed by atoms with E-state index in [0.717, 1.165) is 21.6 Å². The van der Waals surface area contributed by atoms with E-state index in [1.807, 2.05) is 54.6 Å². The normalized spacial score (nSPS) is 15.0. The number of amides is 4. The first-order chi connectivity index (χ1) is 32.5. The Morgan fingerprint density at radius 2 is 0.894 bits per heavy atom. The number of hydrogen-bond donors (Lipinski definition) is 2. The molecule has 16 nitrogen and oxygen atoms in total. The Labute approximate surface area is 386 Å². The van der Waals surface area contributed by atoms with Crippen LogP contribution in [0.3, 0.4) is 0 Å². The van der Waals surface area contributed by atoms with Crippen LogP contribution in [0.5, 0.6) is 0 Å². The van der Waals surface area contributed by atoms with Gasteiger partial charge in [0.1, 0.15) is 11.6 Å². The minimum Gasteiger partial charge on any atom is -0.382 e. The van der Waals surface area contributed by atoms with Crippen molar-refractivity contribution in [2.75, 3.05) is 124 Å². The average Bonchev–Trinajstić information content (AvgIpc) is 3.60. The fraction of sp³-hybridized carbons (Fsp3) is 0.440. The van der Waals surface area contributed by atoms with Crippen LogP contribution in [0.15, 0.2) is 109 Å². The molecule has 4 amide bonds. The predicted molar refractivity (Wildman–Crippen MR) is 243 cm³/mol. The van der Waals surface area contributed by atoms with Crippen LogP contribution >= 0.6 is 0 Å². The molecule has 1 atom stereocenters. The van der Waals surface area contributed by atoms with E-state index in [0.29, 0.717) is 125 Å². The second kappa shape index (κ2) is 27.9. The molecule has 0 bridgehead atoms. The molecule has 1 saturated heterocycles. The lowest BCUT2D eigenvalue weighted by atomic mass is 9.80. The number of nitrogens with one attached hydrogen (secondary N) is 2. The van der Waals surface area contributed by atoms with E-state index >= 15 is 0 Å². The van der Waals surface area contributed by atoms with Gasteiger partial charge in [-0.25, -0.2) is 0 Å². The summed E-state index contributed by atoms with van der Waals surface area (Å²) in [6, 6.07) is 34.8. The lowest BCUT2D eigenvalue weighted by Crippen LogP contribution is -2.54. The zero-order valence-corrected chi connectivity index (χ0v) is 37.4. The third-order valence-corrected chi connectivity index (χ3v) is 10.7. The van der Waals surface area contributed by atoms with Crippen molar-refractivity contribution in [1.29, 1.82) is 0 Å². The Morgan fingerprint density at radius 1 is 0.485 bits per heavy atom. The van der Waals surface area contributed by atoms with E-state index in [-0.39, 0.29) is 24.0 Å². The summed E-state index contributed by atoms with van der Waals surface area (Å²) in [4.78, 5) is 51.0. The molecule has 66 heavy (non-hydrogen) atoms. The van der Waals surface area contributed by atoms with Crippen LogP contribution in [0.4, 0.5) is 5.69 Å². The molecular formula is C50H61N3O13. The summed E-state index contributed by atoms with van der Waals surface area (Å²) >= 11 is 0. The predicted octanol–water partition coefficient (Wildman–Crippen LogP) is 4.64. The molecule has 0 spiro atoms. The number of carbonyl (C=O) groups excluding carboxylic acids is 4. The number of ether oxygens (including phenoxy) is 9. The summed E-state index contributed by atoms with van der Waals surface area (Å²) in [6.45, 7) is 7.68. The highest BCUT2D eigenvalue weighted by molar-refractivity contribution is 6.25. The Balaban J connectivity index is 0.687. The summed E-state index contributed by atoms with van der Waals surface area (Å²) in [5.74, 6) is -2.17. The van der Waals surface area contributed by atoms with Gasteiger partial charge < -0.3 is 47.9 Å². The number of anilines is 1. The fourth-order valence-corrected chi connectivity index (χ4v) is 7.58. The van der Waals surface area contributed by atoms with Crippen LogP contribution in [0.1, 0.15) is 50.2 Å². The van der Waals surface area contributed by atoms with E-state index in [1.165, 1.54) is 0 Å². The van der Waals surface area contributed by atoms with Gasteiger partial charge in [0.05, 0.1) is 123 Å². The number of piperidine rings is 1. The molecule has 0 aliphatic carbocycles. The highest BCUT2D eigenvalue weighted by Crippen LogP contribution is 2.40. The quantitative estimate of drug-likeness (QED) is 0.0384. The Kier molecular flexibility index (Phi) is 21.2. The number of hydrogen-bond acceptors (Lipinski definition) is 14. The first kappa shape index (κ1) is 50.0. The summed E-state index contributed by atoms with van der Waals surface area (Å²) in [7, 11) is 0. The summed E-state index contributed by atoms with van der Waals surface area (Å²) in [6.07, 6.45) is 0.165. The summed E-state index contributed by atoms with van der Waals surface area (Å²) in [5.41, 5.74) is 3.29. The van der Waals surface area contributed by atoms with Gasteiger partial charge in [-0.05, 0) is 35.2 Å². The first-order valence-corrected chi connectivity index (χ1v) is 22.5. The average molecular weight is 912 g/mol. The molecule has 2 aliphatic rings. The minimum absolute atomic E-state index is 0.0634. The molecule has 4 aromatic carbocycles. The van der Waals surface area contributed by atoms with Crippen LogP contribution in [0.25, 0.3) is 0 Å². The second-order valence-corrected chi connectivity index (χ2v) is 15.1. The number of carbonyl (C=O) groups is 4. The lowest BCUT2D eigenvalue weighted by molar-refractivity contribution is -0.136. The molecule has 16 heteroatoms. The van der Waals surface area contributed by atoms with Crippen molar-refractivity contribution in [3.63, 3.8) is 0 Å². The van der Waals surface area contributed by atoms with E-state index in [1.54, 1.807) is 18.2 Å². The maximum atomic E-state index is 13.2. The van der Waals surface area contributed by atoms with Crippen molar-refractivity contribution in [2.45, 2.75) is 24.5 Å². The van der Waals surface area contributed by atoms with Gasteiger partial charge in [0.15, 0.2) is 0 Å². The van der Waals surface area contributed by atoms with Crippen molar-refractivity contribution in [2.24, 2.45) is 0 Å². The zero-order valence-electron chi connectivity index (χ0n) is 37.4. The van der Waals surface area contributed by atoms with Gasteiger partial charge in [-0.1, -0.05) is 97.1 Å². The topological polar surface area (TPSA) is 179 Å². The molecule has 6 rings (SSSR count). The smallest absolute Gasteiger partial charge is 0.264 e. The molecular weight excluding hydrogens is 851 g/mol. The second-order valence-electron chi connectivity index (χ2n) is 15.1. The standard InChI is InChI=1S/C50H61N3O13/c54-45-20-19-44(47(55)52-45)53-48(56)42-17-10-18-43(46(42)49(53)57)51-21-22-58-23-24-59-25-26-60-27-28-61-29-30-62-31-32-63-33-34-64-35-36-65-37-38-66-50(39-11-4-1-5-12-39,40-13-6-2-7-14-40)41-15-8-3-9-16-41/h1-18,44,51H,19-38H2,(H,52,54,55). The molecule has 2 aliphatic heterocycles. The Bertz CT molecular complexity index is 1980. The summed E-state index contributed by atoms with van der Waals surface area (Å²) < 4.78 is 51.7. The van der Waals surface area contributed by atoms with Crippen LogP contribution in [-0.2, 0) is 57.8 Å². The largest absolute Gasteiger partial charge is 0.382 e. The number of imide groups is 2. The Morgan fingerprint density at radius 3 is 1.32 bits per heavy atom. The van der Waals surface area contributed by atoms with Crippen molar-refractivity contribution in [3.8, 4) is 0 Å². The molecule has 2 N–H and O–H groups in total. The van der Waals surface area contributed by atoms with Crippen molar-refractivity contribution in [1.82, 2.24) is 10.2 Å². The van der Waals surface area contributed by atoms with Gasteiger partial charge in [0.2, 0.25) is 11.8 Å². The number of rotatable bonds is 33. The molecule has 4 aromatic rings. The number of fused-ring (bicyclic) bond motifs is 1. The van der Waals surface area contributed by atoms with Crippen LogP contribution in [0, 0.1) is 0 Å². The number of nitrogens with zero attached hydrogens (tertiary/aromatic N) is 1. The van der Waals surface area contributed by atoms with Gasteiger partial charge in [0.25, 0.3) is 11.8 Å². The van der Waals surface area contributed by atoms with Crippen molar-refractivity contribution >= 4 is 29.3 Å². The molecule has 0 aromatic heterocycles. The molecule has 354 valence electrons. The van der Waals surface area contributed by atoms with Crippen LogP contribution in [-0.4, -0.2) is 153 Å². The van der Waals surface area contributed by atoms with Gasteiger partial charge in [-0.15, -0.1) is 0 Å². The molecule has 0 radical (unpaired) electrons. The van der Waals surface area contributed by atoms with E-state index < -0.39 is 35.3 Å². The minimum atomic E-state index is -1.01. The maximum Gasteiger partial charge on any atom is 0.264 e. The highest BCUT2D eigenvalue weighted by atomic mass is 16.6. The van der Waals surface area contributed by atoms with Crippen molar-refractivity contribution < 1.29 is 61.8 Å². The third-order valence-electron chi connectivity index (χ3n) is 10.7. The highest BCUT2D eigenvalue weighted by Gasteiger charge is 2.45. The molecule has 1 unspecified atom stereocenters. The van der Waals surface area contributed by atoms with Gasteiger partial charge in [-0.3, -0.25) is 29.4 Å². The van der Waals surface area contributed by atoms with Gasteiger partial charge in [-0.2, -0.15) is 0 Å². The molecule has 0 saturated carbocycles. The third kappa shape index (κ3) is 14.5.